The van der Waals surface area contributed by atoms with Crippen LogP contribution < -0.4 is 4.90 Å². The molecule has 122 valence electrons. The van der Waals surface area contributed by atoms with Gasteiger partial charge in [0.05, 0.1) is 12.4 Å². The number of hydrogen-bond donors (Lipinski definition) is 1. The van der Waals surface area contributed by atoms with Crippen molar-refractivity contribution in [3.63, 3.8) is 0 Å². The molecule has 6 nitrogen and oxygen atoms in total. The molecule has 0 saturated carbocycles. The smallest absolute Gasteiger partial charge is 0.214 e. The molecular formula is C15H22N2O4S. The predicted molar refractivity (Wildman–Crippen MR) is 84.6 cm³/mol. The van der Waals surface area contributed by atoms with Gasteiger partial charge in [0.1, 0.15) is 5.75 Å². The van der Waals surface area contributed by atoms with Gasteiger partial charge in [0.15, 0.2) is 0 Å². The molecule has 22 heavy (non-hydrogen) atoms. The first kappa shape index (κ1) is 15.6. The third kappa shape index (κ3) is 3.53. The molecule has 0 amide bonds. The van der Waals surface area contributed by atoms with Crippen molar-refractivity contribution in [2.75, 3.05) is 50.0 Å². The summed E-state index contributed by atoms with van der Waals surface area (Å²) in [4.78, 5) is 2.10. The quantitative estimate of drug-likeness (QED) is 0.889. The molecule has 2 fully saturated rings. The Kier molecular flexibility index (Phi) is 4.56. The van der Waals surface area contributed by atoms with E-state index in [9.17, 15) is 13.5 Å². The van der Waals surface area contributed by atoms with Gasteiger partial charge in [-0.3, -0.25) is 0 Å². The number of phenols is 1. The largest absolute Gasteiger partial charge is 0.508 e. The van der Waals surface area contributed by atoms with E-state index in [2.05, 4.69) is 4.90 Å². The van der Waals surface area contributed by atoms with Gasteiger partial charge in [-0.1, -0.05) is 6.07 Å². The zero-order chi connectivity index (χ0) is 15.6. The molecule has 3 rings (SSSR count). The van der Waals surface area contributed by atoms with E-state index in [0.717, 1.165) is 12.1 Å². The molecule has 0 spiro atoms. The lowest BCUT2D eigenvalue weighted by Crippen LogP contribution is -2.49. The Balaban J connectivity index is 1.59. The number of aromatic hydroxyl groups is 1. The minimum atomic E-state index is -3.20. The van der Waals surface area contributed by atoms with E-state index in [1.54, 1.807) is 22.5 Å². The molecule has 7 heteroatoms. The van der Waals surface area contributed by atoms with Gasteiger partial charge < -0.3 is 14.7 Å². The van der Waals surface area contributed by atoms with Crippen molar-refractivity contribution in [1.29, 1.82) is 0 Å². The first-order valence-electron chi connectivity index (χ1n) is 7.64. The van der Waals surface area contributed by atoms with Crippen LogP contribution in [0.5, 0.6) is 5.75 Å². The van der Waals surface area contributed by atoms with Crippen molar-refractivity contribution >= 4 is 15.7 Å². The molecule has 0 aliphatic carbocycles. The summed E-state index contributed by atoms with van der Waals surface area (Å²) in [5.74, 6) is 0.557. The Bertz CT molecular complexity index is 606. The van der Waals surface area contributed by atoms with Gasteiger partial charge in [0.25, 0.3) is 0 Å². The van der Waals surface area contributed by atoms with Crippen molar-refractivity contribution in [3.8, 4) is 5.75 Å². The number of phenolic OH excluding ortho intramolecular Hbond substituents is 1. The fourth-order valence-corrected chi connectivity index (χ4v) is 4.82. The van der Waals surface area contributed by atoms with Crippen LogP contribution in [0.4, 0.5) is 5.69 Å². The summed E-state index contributed by atoms with van der Waals surface area (Å²) < 4.78 is 31.8. The predicted octanol–water partition coefficient (Wildman–Crippen LogP) is 0.880. The number of sulfonamides is 1. The molecule has 1 atom stereocenters. The number of rotatable bonds is 4. The average Bonchev–Trinajstić information content (AvgIpc) is 2.99. The molecule has 2 saturated heterocycles. The van der Waals surface area contributed by atoms with Gasteiger partial charge in [-0.25, -0.2) is 8.42 Å². The molecule has 0 bridgehead atoms. The summed E-state index contributed by atoms with van der Waals surface area (Å²) in [5, 5.41) is 9.54. The standard InChI is InChI=1S/C15H22N2O4S/c18-15-3-1-2-14(10-15)16-5-7-17(8-6-16)22(19,20)12-13-4-9-21-11-13/h1-3,10,13,18H,4-9,11-12H2. The number of nitrogens with zero attached hydrogens (tertiary/aromatic N) is 2. The van der Waals surface area contributed by atoms with Crippen LogP contribution in [0.25, 0.3) is 0 Å². The number of benzene rings is 1. The summed E-state index contributed by atoms with van der Waals surface area (Å²) in [6.45, 7) is 3.50. The molecule has 0 radical (unpaired) electrons. The summed E-state index contributed by atoms with van der Waals surface area (Å²) in [5.41, 5.74) is 0.932. The van der Waals surface area contributed by atoms with Gasteiger partial charge in [-0.05, 0) is 24.5 Å². The van der Waals surface area contributed by atoms with Gasteiger partial charge in [-0.2, -0.15) is 4.31 Å². The van der Waals surface area contributed by atoms with Crippen molar-refractivity contribution in [1.82, 2.24) is 4.31 Å². The Labute approximate surface area is 131 Å². The van der Waals surface area contributed by atoms with E-state index in [-0.39, 0.29) is 17.4 Å². The highest BCUT2D eigenvalue weighted by Crippen LogP contribution is 2.23. The van der Waals surface area contributed by atoms with E-state index in [0.29, 0.717) is 39.4 Å². The van der Waals surface area contributed by atoms with Crippen LogP contribution in [-0.2, 0) is 14.8 Å². The van der Waals surface area contributed by atoms with Crippen molar-refractivity contribution < 1.29 is 18.3 Å². The van der Waals surface area contributed by atoms with Crippen molar-refractivity contribution in [2.24, 2.45) is 5.92 Å². The lowest BCUT2D eigenvalue weighted by atomic mass is 10.2. The third-order valence-electron chi connectivity index (χ3n) is 4.30. The molecule has 1 aromatic carbocycles. The first-order chi connectivity index (χ1) is 10.5. The van der Waals surface area contributed by atoms with E-state index in [1.807, 2.05) is 6.07 Å². The highest BCUT2D eigenvalue weighted by molar-refractivity contribution is 7.89. The number of piperazine rings is 1. The summed E-state index contributed by atoms with van der Waals surface area (Å²) >= 11 is 0. The highest BCUT2D eigenvalue weighted by atomic mass is 32.2. The second-order valence-electron chi connectivity index (χ2n) is 5.91. The maximum atomic E-state index is 12.5. The zero-order valence-corrected chi connectivity index (χ0v) is 13.3. The average molecular weight is 326 g/mol. The summed E-state index contributed by atoms with van der Waals surface area (Å²) in [6, 6.07) is 7.07. The third-order valence-corrected chi connectivity index (χ3v) is 6.34. The van der Waals surface area contributed by atoms with Crippen molar-refractivity contribution in [3.05, 3.63) is 24.3 Å². The van der Waals surface area contributed by atoms with E-state index in [4.69, 9.17) is 4.74 Å². The van der Waals surface area contributed by atoms with Crippen LogP contribution in [0.15, 0.2) is 24.3 Å². The molecule has 2 aliphatic rings. The zero-order valence-electron chi connectivity index (χ0n) is 12.5. The molecule has 0 aromatic heterocycles. The van der Waals surface area contributed by atoms with Crippen molar-refractivity contribution in [2.45, 2.75) is 6.42 Å². The lowest BCUT2D eigenvalue weighted by molar-refractivity contribution is 0.188. The van der Waals surface area contributed by atoms with Crippen LogP contribution in [0.1, 0.15) is 6.42 Å². The lowest BCUT2D eigenvalue weighted by Gasteiger charge is -2.35. The van der Waals surface area contributed by atoms with Crippen LogP contribution in [-0.4, -0.2) is 63.0 Å². The molecule has 2 heterocycles. The SMILES string of the molecule is O=S(=O)(CC1CCOC1)N1CCN(c2cccc(O)c2)CC1. The van der Waals surface area contributed by atoms with Gasteiger partial charge in [-0.15, -0.1) is 0 Å². The monoisotopic (exact) mass is 326 g/mol. The van der Waals surface area contributed by atoms with Crippen LogP contribution >= 0.6 is 0 Å². The topological polar surface area (TPSA) is 70.1 Å². The fourth-order valence-electron chi connectivity index (χ4n) is 3.03. The second kappa shape index (κ2) is 6.44. The van der Waals surface area contributed by atoms with E-state index in [1.165, 1.54) is 0 Å². The molecule has 1 aromatic rings. The number of ether oxygens (including phenoxy) is 1. The number of hydrogen-bond acceptors (Lipinski definition) is 5. The first-order valence-corrected chi connectivity index (χ1v) is 9.25. The normalized spacial score (nSPS) is 23.8. The minimum Gasteiger partial charge on any atom is -0.508 e. The van der Waals surface area contributed by atoms with Gasteiger partial charge >= 0.3 is 0 Å². The fraction of sp³-hybridized carbons (Fsp3) is 0.600. The number of anilines is 1. The minimum absolute atomic E-state index is 0.133. The Morgan fingerprint density at radius 1 is 1.23 bits per heavy atom. The van der Waals surface area contributed by atoms with Crippen LogP contribution in [0.2, 0.25) is 0 Å². The Morgan fingerprint density at radius 2 is 2.00 bits per heavy atom. The molecule has 2 aliphatic heterocycles. The summed E-state index contributed by atoms with van der Waals surface area (Å²) in [6.07, 6.45) is 0.836. The summed E-state index contributed by atoms with van der Waals surface area (Å²) in [7, 11) is -3.20. The van der Waals surface area contributed by atoms with Gasteiger partial charge in [0, 0.05) is 44.5 Å². The Morgan fingerprint density at radius 3 is 2.64 bits per heavy atom. The van der Waals surface area contributed by atoms with Gasteiger partial charge in [0.2, 0.25) is 10.0 Å². The highest BCUT2D eigenvalue weighted by Gasteiger charge is 2.30. The van der Waals surface area contributed by atoms with E-state index < -0.39 is 10.0 Å². The molecule has 1 N–H and O–H groups in total. The maximum Gasteiger partial charge on any atom is 0.214 e. The van der Waals surface area contributed by atoms with Crippen LogP contribution in [0.3, 0.4) is 0 Å². The molecule has 1 unspecified atom stereocenters. The maximum absolute atomic E-state index is 12.5. The molecular weight excluding hydrogens is 304 g/mol. The second-order valence-corrected chi connectivity index (χ2v) is 7.93. The van der Waals surface area contributed by atoms with E-state index >= 15 is 0 Å². The Hall–Kier alpha value is -1.31. The van der Waals surface area contributed by atoms with Crippen LogP contribution in [0, 0.1) is 5.92 Å².